The SMILES string of the molecule is COCCOc1ccc(C(=O)N2CCC3(CC2)CO[C@@H]2c4cccc(O)c4OC(C)(C)[C@H]2C3)cc1. The smallest absolute Gasteiger partial charge is 0.253 e. The van der Waals surface area contributed by atoms with E-state index < -0.39 is 5.60 Å². The van der Waals surface area contributed by atoms with Crippen LogP contribution >= 0.6 is 0 Å². The zero-order chi connectivity index (χ0) is 24.6. The topological polar surface area (TPSA) is 77.5 Å². The van der Waals surface area contributed by atoms with E-state index in [2.05, 4.69) is 13.8 Å². The van der Waals surface area contributed by atoms with Gasteiger partial charge in [-0.3, -0.25) is 4.79 Å². The van der Waals surface area contributed by atoms with Crippen molar-refractivity contribution >= 4 is 5.91 Å². The molecule has 2 saturated heterocycles. The number of fused-ring (bicyclic) bond motifs is 3. The number of benzene rings is 2. The Bertz CT molecular complexity index is 1060. The predicted molar refractivity (Wildman–Crippen MR) is 131 cm³/mol. The number of carbonyl (C=O) groups is 1. The molecule has 3 heterocycles. The number of hydrogen-bond donors (Lipinski definition) is 1. The number of para-hydroxylation sites is 1. The van der Waals surface area contributed by atoms with Gasteiger partial charge in [-0.1, -0.05) is 12.1 Å². The van der Waals surface area contributed by atoms with Crippen LogP contribution in [0.3, 0.4) is 0 Å². The van der Waals surface area contributed by atoms with Crippen molar-refractivity contribution in [1.29, 1.82) is 0 Å². The molecule has 3 aliphatic heterocycles. The maximum Gasteiger partial charge on any atom is 0.253 e. The first-order valence-corrected chi connectivity index (χ1v) is 12.5. The van der Waals surface area contributed by atoms with Gasteiger partial charge in [0, 0.05) is 37.2 Å². The molecule has 0 unspecified atom stereocenters. The second-order valence-electron chi connectivity index (χ2n) is 10.6. The molecule has 0 saturated carbocycles. The average Bonchev–Trinajstić information content (AvgIpc) is 2.86. The van der Waals surface area contributed by atoms with Crippen molar-refractivity contribution in [1.82, 2.24) is 4.90 Å². The van der Waals surface area contributed by atoms with Gasteiger partial charge in [0.15, 0.2) is 11.5 Å². The molecule has 2 fully saturated rings. The normalized spacial score (nSPS) is 24.3. The molecule has 0 bridgehead atoms. The van der Waals surface area contributed by atoms with E-state index in [0.717, 1.165) is 30.6 Å². The van der Waals surface area contributed by atoms with Crippen LogP contribution in [-0.4, -0.2) is 61.5 Å². The van der Waals surface area contributed by atoms with E-state index in [1.165, 1.54) is 0 Å². The molecule has 7 nitrogen and oxygen atoms in total. The zero-order valence-electron chi connectivity index (χ0n) is 20.8. The quantitative estimate of drug-likeness (QED) is 0.630. The highest BCUT2D eigenvalue weighted by atomic mass is 16.5. The Morgan fingerprint density at radius 3 is 2.57 bits per heavy atom. The van der Waals surface area contributed by atoms with Crippen molar-refractivity contribution in [3.8, 4) is 17.2 Å². The average molecular weight is 482 g/mol. The van der Waals surface area contributed by atoms with Crippen LogP contribution in [0.25, 0.3) is 0 Å². The summed E-state index contributed by atoms with van der Waals surface area (Å²) < 4.78 is 23.4. The van der Waals surface area contributed by atoms with E-state index in [1.54, 1.807) is 13.2 Å². The Morgan fingerprint density at radius 1 is 1.11 bits per heavy atom. The summed E-state index contributed by atoms with van der Waals surface area (Å²) in [6, 6.07) is 12.8. The molecule has 0 aromatic heterocycles. The molecule has 0 radical (unpaired) electrons. The fourth-order valence-corrected chi connectivity index (χ4v) is 5.80. The lowest BCUT2D eigenvalue weighted by atomic mass is 9.64. The van der Waals surface area contributed by atoms with Crippen LogP contribution in [-0.2, 0) is 9.47 Å². The molecule has 7 heteroatoms. The summed E-state index contributed by atoms with van der Waals surface area (Å²) in [5.74, 6) is 1.68. The first kappa shape index (κ1) is 23.9. The van der Waals surface area contributed by atoms with Crippen LogP contribution in [0.1, 0.15) is 55.1 Å². The van der Waals surface area contributed by atoms with Gasteiger partial charge in [-0.05, 0) is 68.9 Å². The molecule has 5 rings (SSSR count). The molecule has 3 aliphatic rings. The fraction of sp³-hybridized carbons (Fsp3) is 0.536. The van der Waals surface area contributed by atoms with E-state index in [-0.39, 0.29) is 29.1 Å². The first-order chi connectivity index (χ1) is 16.8. The fourth-order valence-electron chi connectivity index (χ4n) is 5.80. The van der Waals surface area contributed by atoms with Gasteiger partial charge >= 0.3 is 0 Å². The lowest BCUT2D eigenvalue weighted by molar-refractivity contribution is -0.173. The van der Waals surface area contributed by atoms with Gasteiger partial charge in [0.1, 0.15) is 18.0 Å². The summed E-state index contributed by atoms with van der Waals surface area (Å²) in [5.41, 5.74) is 1.19. The number of nitrogens with zero attached hydrogens (tertiary/aromatic N) is 1. The van der Waals surface area contributed by atoms with Crippen molar-refractivity contribution in [2.24, 2.45) is 11.3 Å². The highest BCUT2D eigenvalue weighted by molar-refractivity contribution is 5.94. The number of hydrogen-bond acceptors (Lipinski definition) is 6. The zero-order valence-corrected chi connectivity index (χ0v) is 20.8. The number of ether oxygens (including phenoxy) is 4. The lowest BCUT2D eigenvalue weighted by Crippen LogP contribution is -2.54. The minimum atomic E-state index is -0.454. The number of phenolic OH excluding ortho intramolecular Hbond substituents is 1. The second-order valence-corrected chi connectivity index (χ2v) is 10.6. The summed E-state index contributed by atoms with van der Waals surface area (Å²) in [6.07, 6.45) is 2.71. The Labute approximate surface area is 206 Å². The van der Waals surface area contributed by atoms with Gasteiger partial charge in [-0.25, -0.2) is 0 Å². The van der Waals surface area contributed by atoms with Crippen molar-refractivity contribution in [2.45, 2.75) is 44.8 Å². The van der Waals surface area contributed by atoms with Crippen molar-refractivity contribution < 1.29 is 28.8 Å². The number of amides is 1. The molecule has 1 spiro atoms. The van der Waals surface area contributed by atoms with Crippen LogP contribution in [0, 0.1) is 11.3 Å². The first-order valence-electron chi connectivity index (χ1n) is 12.5. The van der Waals surface area contributed by atoms with Gasteiger partial charge in [0.2, 0.25) is 0 Å². The van der Waals surface area contributed by atoms with E-state index in [9.17, 15) is 9.90 Å². The number of carbonyl (C=O) groups excluding carboxylic acids is 1. The second kappa shape index (κ2) is 9.36. The van der Waals surface area contributed by atoms with Crippen LogP contribution in [0.15, 0.2) is 42.5 Å². The van der Waals surface area contributed by atoms with Crippen LogP contribution in [0.5, 0.6) is 17.2 Å². The highest BCUT2D eigenvalue weighted by Crippen LogP contribution is 2.56. The molecule has 1 N–H and O–H groups in total. The molecule has 2 aromatic carbocycles. The Kier molecular flexibility index (Phi) is 6.40. The molecule has 188 valence electrons. The Balaban J connectivity index is 1.23. The van der Waals surface area contributed by atoms with Crippen LogP contribution in [0.4, 0.5) is 0 Å². The third-order valence-corrected chi connectivity index (χ3v) is 7.95. The summed E-state index contributed by atoms with van der Waals surface area (Å²) >= 11 is 0. The summed E-state index contributed by atoms with van der Waals surface area (Å²) in [4.78, 5) is 15.1. The van der Waals surface area contributed by atoms with E-state index in [1.807, 2.05) is 41.3 Å². The number of likely N-dealkylation sites (tertiary alicyclic amines) is 1. The number of aromatic hydroxyl groups is 1. The monoisotopic (exact) mass is 481 g/mol. The van der Waals surface area contributed by atoms with Crippen molar-refractivity contribution in [3.63, 3.8) is 0 Å². The minimum Gasteiger partial charge on any atom is -0.504 e. The molecule has 1 amide bonds. The van der Waals surface area contributed by atoms with Gasteiger partial charge in [0.25, 0.3) is 5.91 Å². The van der Waals surface area contributed by atoms with Crippen LogP contribution < -0.4 is 9.47 Å². The third kappa shape index (κ3) is 4.59. The van der Waals surface area contributed by atoms with Crippen LogP contribution in [0.2, 0.25) is 0 Å². The lowest BCUT2D eigenvalue weighted by Gasteiger charge is -2.54. The molecule has 35 heavy (non-hydrogen) atoms. The number of piperidine rings is 1. The largest absolute Gasteiger partial charge is 0.504 e. The molecular formula is C28H35NO6. The number of methoxy groups -OCH3 is 1. The number of phenols is 1. The van der Waals surface area contributed by atoms with Crippen molar-refractivity contribution in [3.05, 3.63) is 53.6 Å². The molecule has 2 atom stereocenters. The van der Waals surface area contributed by atoms with Gasteiger partial charge in [0.05, 0.1) is 19.3 Å². The van der Waals surface area contributed by atoms with Gasteiger partial charge in [-0.15, -0.1) is 0 Å². The standard InChI is InChI=1S/C28H35NO6/c1-27(2)22-17-28(18-34-24(22)21-5-4-6-23(30)25(21)35-27)11-13-29(14-12-28)26(31)19-7-9-20(10-8-19)33-16-15-32-3/h4-10,22,24,30H,11-18H2,1-3H3/t22-,24+/m0/s1. The van der Waals surface area contributed by atoms with Gasteiger partial charge < -0.3 is 29.0 Å². The predicted octanol–water partition coefficient (Wildman–Crippen LogP) is 4.59. The summed E-state index contributed by atoms with van der Waals surface area (Å²) in [7, 11) is 1.64. The Morgan fingerprint density at radius 2 is 1.86 bits per heavy atom. The molecule has 0 aliphatic carbocycles. The molecular weight excluding hydrogens is 446 g/mol. The number of rotatable bonds is 5. The molecule has 2 aromatic rings. The van der Waals surface area contributed by atoms with E-state index >= 15 is 0 Å². The van der Waals surface area contributed by atoms with Crippen molar-refractivity contribution in [2.75, 3.05) is 40.0 Å². The third-order valence-electron chi connectivity index (χ3n) is 7.95. The highest BCUT2D eigenvalue weighted by Gasteiger charge is 2.53. The summed E-state index contributed by atoms with van der Waals surface area (Å²) in [5, 5.41) is 10.3. The van der Waals surface area contributed by atoms with E-state index in [0.29, 0.717) is 44.2 Å². The Hall–Kier alpha value is -2.77. The summed E-state index contributed by atoms with van der Waals surface area (Å²) in [6.45, 7) is 7.27. The van der Waals surface area contributed by atoms with Gasteiger partial charge in [-0.2, -0.15) is 0 Å². The minimum absolute atomic E-state index is 0.0337. The maximum absolute atomic E-state index is 13.1. The maximum atomic E-state index is 13.1. The van der Waals surface area contributed by atoms with E-state index in [4.69, 9.17) is 18.9 Å².